The Kier molecular flexibility index (Phi) is 14.9. The highest BCUT2D eigenvalue weighted by molar-refractivity contribution is 5.78. The summed E-state index contributed by atoms with van der Waals surface area (Å²) >= 11 is 0. The third kappa shape index (κ3) is 9.26. The van der Waals surface area contributed by atoms with Gasteiger partial charge in [-0.15, -0.1) is 0 Å². The molecule has 2 rings (SSSR count). The first-order valence-electron chi connectivity index (χ1n) is 12.2. The van der Waals surface area contributed by atoms with Crippen molar-refractivity contribution < 1.29 is 4.79 Å². The molecule has 2 heterocycles. The zero-order valence-corrected chi connectivity index (χ0v) is 20.5. The van der Waals surface area contributed by atoms with Crippen LogP contribution in [0.15, 0.2) is 0 Å². The third-order valence-electron chi connectivity index (χ3n) is 6.55. The molecule has 0 atom stereocenters. The fourth-order valence-electron chi connectivity index (χ4n) is 3.89. The molecule has 0 spiro atoms. The van der Waals surface area contributed by atoms with Crippen LogP contribution in [-0.4, -0.2) is 73.0 Å². The number of hydrogen-bond acceptors (Lipinski definition) is 3. The van der Waals surface area contributed by atoms with Crippen molar-refractivity contribution in [2.45, 2.75) is 87.5 Å². The van der Waals surface area contributed by atoms with E-state index in [0.29, 0.717) is 23.8 Å². The molecule has 2 fully saturated rings. The van der Waals surface area contributed by atoms with Crippen LogP contribution in [0.25, 0.3) is 0 Å². The number of amides is 1. The van der Waals surface area contributed by atoms with Gasteiger partial charge in [-0.1, -0.05) is 68.2 Å². The van der Waals surface area contributed by atoms with Crippen LogP contribution in [0.4, 0.5) is 0 Å². The van der Waals surface area contributed by atoms with Gasteiger partial charge in [-0.2, -0.15) is 0 Å². The largest absolute Gasteiger partial charge is 0.342 e. The average Bonchev–Trinajstić information content (AvgIpc) is 2.73. The lowest BCUT2D eigenvalue weighted by molar-refractivity contribution is -0.135. The highest BCUT2D eigenvalue weighted by Crippen LogP contribution is 2.37. The van der Waals surface area contributed by atoms with Crippen molar-refractivity contribution in [1.29, 1.82) is 0 Å². The van der Waals surface area contributed by atoms with Gasteiger partial charge in [0.25, 0.3) is 0 Å². The highest BCUT2D eigenvalue weighted by Gasteiger charge is 2.34. The fourth-order valence-corrected chi connectivity index (χ4v) is 3.89. The molecule has 0 unspecified atom stereocenters. The predicted molar refractivity (Wildman–Crippen MR) is 124 cm³/mol. The van der Waals surface area contributed by atoms with Crippen LogP contribution in [0.1, 0.15) is 87.5 Å². The minimum Gasteiger partial charge on any atom is -0.342 e. The Hall–Kier alpha value is -0.610. The number of carbonyl (C=O) groups is 1. The Morgan fingerprint density at radius 2 is 1.36 bits per heavy atom. The Balaban J connectivity index is 0.00000171. The lowest BCUT2D eigenvalue weighted by Crippen LogP contribution is -2.52. The van der Waals surface area contributed by atoms with Gasteiger partial charge < -0.3 is 9.80 Å². The van der Waals surface area contributed by atoms with E-state index in [1.807, 2.05) is 27.7 Å². The number of likely N-dealkylation sites (tertiary alicyclic amines) is 1. The summed E-state index contributed by atoms with van der Waals surface area (Å²) in [6, 6.07) is 0. The Labute approximate surface area is 177 Å². The lowest BCUT2D eigenvalue weighted by Gasteiger charge is -2.43. The van der Waals surface area contributed by atoms with Crippen molar-refractivity contribution in [1.82, 2.24) is 14.7 Å². The van der Waals surface area contributed by atoms with Gasteiger partial charge in [0.2, 0.25) is 5.91 Å². The Morgan fingerprint density at radius 1 is 0.857 bits per heavy atom. The second-order valence-electron chi connectivity index (χ2n) is 8.51. The van der Waals surface area contributed by atoms with Crippen molar-refractivity contribution in [3.05, 3.63) is 0 Å². The third-order valence-corrected chi connectivity index (χ3v) is 6.55. The zero-order valence-electron chi connectivity index (χ0n) is 20.5. The van der Waals surface area contributed by atoms with Crippen molar-refractivity contribution in [3.63, 3.8) is 0 Å². The van der Waals surface area contributed by atoms with E-state index in [2.05, 4.69) is 42.4 Å². The van der Waals surface area contributed by atoms with E-state index in [9.17, 15) is 4.79 Å². The van der Waals surface area contributed by atoms with Crippen molar-refractivity contribution in [2.75, 3.05) is 52.4 Å². The average molecular weight is 398 g/mol. The Morgan fingerprint density at radius 3 is 1.82 bits per heavy atom. The highest BCUT2D eigenvalue weighted by atomic mass is 16.2. The van der Waals surface area contributed by atoms with E-state index in [0.717, 1.165) is 52.1 Å². The first-order chi connectivity index (χ1) is 13.4. The molecule has 0 bridgehead atoms. The standard InChI is InChI=1S/C20H39N3O.2C2H6/c1-5-6-7-10-21-13-15-22(16-14-21)17-19(24)23-11-8-20(4,9-12-23)18(2)3;2*1-2/h18H,5-17H2,1-4H3;2*1-2H3. The van der Waals surface area contributed by atoms with Gasteiger partial charge in [0.15, 0.2) is 0 Å². The molecule has 2 saturated heterocycles. The van der Waals surface area contributed by atoms with Crippen LogP contribution in [-0.2, 0) is 4.79 Å². The number of carbonyl (C=O) groups excluding carboxylic acids is 1. The maximum absolute atomic E-state index is 12.6. The van der Waals surface area contributed by atoms with Gasteiger partial charge in [-0.05, 0) is 37.1 Å². The van der Waals surface area contributed by atoms with Crippen LogP contribution in [0, 0.1) is 11.3 Å². The molecule has 0 aromatic heterocycles. The summed E-state index contributed by atoms with van der Waals surface area (Å²) in [6.07, 6.45) is 6.25. The molecule has 168 valence electrons. The molecule has 1 amide bonds. The first-order valence-corrected chi connectivity index (χ1v) is 12.2. The molecular formula is C24H51N3O. The molecular weight excluding hydrogens is 346 g/mol. The molecule has 4 nitrogen and oxygen atoms in total. The van der Waals surface area contributed by atoms with E-state index in [4.69, 9.17) is 0 Å². The van der Waals surface area contributed by atoms with Gasteiger partial charge in [-0.25, -0.2) is 0 Å². The van der Waals surface area contributed by atoms with Crippen LogP contribution in [0.2, 0.25) is 0 Å². The minimum atomic E-state index is 0.347. The van der Waals surface area contributed by atoms with E-state index in [1.165, 1.54) is 25.8 Å². The van der Waals surface area contributed by atoms with Gasteiger partial charge in [0.05, 0.1) is 6.54 Å². The summed E-state index contributed by atoms with van der Waals surface area (Å²) in [5, 5.41) is 0. The maximum atomic E-state index is 12.6. The van der Waals surface area contributed by atoms with E-state index >= 15 is 0 Å². The van der Waals surface area contributed by atoms with E-state index < -0.39 is 0 Å². The van der Waals surface area contributed by atoms with Crippen LogP contribution in [0.5, 0.6) is 0 Å². The number of rotatable bonds is 7. The fraction of sp³-hybridized carbons (Fsp3) is 0.958. The molecule has 0 N–H and O–H groups in total. The van der Waals surface area contributed by atoms with Gasteiger partial charge >= 0.3 is 0 Å². The minimum absolute atomic E-state index is 0.347. The quantitative estimate of drug-likeness (QED) is 0.557. The summed E-state index contributed by atoms with van der Waals surface area (Å²) in [5.74, 6) is 1.05. The second kappa shape index (κ2) is 15.3. The molecule has 28 heavy (non-hydrogen) atoms. The molecule has 2 aliphatic heterocycles. The number of piperidine rings is 1. The molecule has 0 radical (unpaired) electrons. The summed E-state index contributed by atoms with van der Waals surface area (Å²) < 4.78 is 0. The monoisotopic (exact) mass is 397 g/mol. The first kappa shape index (κ1) is 27.4. The molecule has 2 aliphatic rings. The van der Waals surface area contributed by atoms with E-state index in [1.54, 1.807) is 0 Å². The summed E-state index contributed by atoms with van der Waals surface area (Å²) in [6.45, 7) is 25.4. The van der Waals surface area contributed by atoms with Crippen LogP contribution in [0.3, 0.4) is 0 Å². The maximum Gasteiger partial charge on any atom is 0.236 e. The molecule has 4 heteroatoms. The number of piperazine rings is 1. The Bertz CT molecular complexity index is 381. The summed E-state index contributed by atoms with van der Waals surface area (Å²) in [4.78, 5) is 19.6. The summed E-state index contributed by atoms with van der Waals surface area (Å²) in [5.41, 5.74) is 0.418. The molecule has 0 saturated carbocycles. The van der Waals surface area contributed by atoms with Crippen molar-refractivity contribution >= 4 is 5.91 Å². The second-order valence-corrected chi connectivity index (χ2v) is 8.51. The number of unbranched alkanes of at least 4 members (excludes halogenated alkanes) is 2. The number of nitrogens with zero attached hydrogens (tertiary/aromatic N) is 3. The number of hydrogen-bond donors (Lipinski definition) is 0. The van der Waals surface area contributed by atoms with Crippen molar-refractivity contribution in [3.8, 4) is 0 Å². The van der Waals surface area contributed by atoms with Gasteiger partial charge in [0, 0.05) is 39.3 Å². The lowest BCUT2D eigenvalue weighted by atomic mass is 9.72. The normalized spacial score (nSPS) is 20.1. The SMILES string of the molecule is CC.CC.CCCCCN1CCN(CC(=O)N2CCC(C)(C(C)C)CC2)CC1. The molecule has 0 aromatic rings. The smallest absolute Gasteiger partial charge is 0.236 e. The zero-order chi connectivity index (χ0) is 21.6. The summed E-state index contributed by atoms with van der Waals surface area (Å²) in [7, 11) is 0. The topological polar surface area (TPSA) is 26.8 Å². The van der Waals surface area contributed by atoms with Gasteiger partial charge in [-0.3, -0.25) is 9.69 Å². The van der Waals surface area contributed by atoms with Crippen molar-refractivity contribution in [2.24, 2.45) is 11.3 Å². The molecule has 0 aliphatic carbocycles. The van der Waals surface area contributed by atoms with Crippen LogP contribution < -0.4 is 0 Å². The predicted octanol–water partition coefficient (Wildman–Crippen LogP) is 5.13. The van der Waals surface area contributed by atoms with Crippen LogP contribution >= 0.6 is 0 Å². The molecule has 0 aromatic carbocycles. The van der Waals surface area contributed by atoms with Gasteiger partial charge in [0.1, 0.15) is 0 Å². The van der Waals surface area contributed by atoms with E-state index in [-0.39, 0.29) is 0 Å².